The molecular formula is C51H74O39. The summed E-state index contributed by atoms with van der Waals surface area (Å²) < 4.78 is 73.9. The number of rotatable bonds is 34. The van der Waals surface area contributed by atoms with Gasteiger partial charge in [0.2, 0.25) is 0 Å². The number of carbonyl (C=O) groups excluding carboxylic acids is 16. The van der Waals surface area contributed by atoms with E-state index in [1.54, 1.807) is 0 Å². The van der Waals surface area contributed by atoms with E-state index in [0.717, 1.165) is 41.0 Å². The van der Waals surface area contributed by atoms with Gasteiger partial charge in [-0.15, -0.1) is 0 Å². The zero-order chi connectivity index (χ0) is 69.1. The Labute approximate surface area is 510 Å². The van der Waals surface area contributed by atoms with Crippen LogP contribution >= 0.6 is 0 Å². The first-order chi connectivity index (χ1) is 42.1. The molecule has 39 nitrogen and oxygen atoms in total. The summed E-state index contributed by atoms with van der Waals surface area (Å²) in [5.74, 6) is -16.5. The van der Waals surface area contributed by atoms with Crippen LogP contribution < -0.4 is 0 Å². The summed E-state index contributed by atoms with van der Waals surface area (Å²) in [5, 5.41) is 61.0. The second-order valence-corrected chi connectivity index (χ2v) is 17.8. The first-order valence-electron chi connectivity index (χ1n) is 26.6. The molecule has 90 heavy (non-hydrogen) atoms. The molecule has 2 saturated heterocycles. The SMILES string of the molecule is CC(O)C(=O)OC(C)C(=O)OCC(=O)OCC(=O)OCCCCC(COC(=O)COC(=O)COC(=O)C(C)OC(=O)C(O)O)OC(=O)COC(=O)COC(=O)C(C)OC(=O)C(C)O.C[C@H]1OC(=O)[C@@H](C)OC1=O.O=C1COC(=O)CO1.OCCCCC(O)CO. The lowest BCUT2D eigenvalue weighted by Crippen LogP contribution is -2.40. The average molecular weight is 1310 g/mol. The minimum absolute atomic E-state index is 0.0718. The predicted octanol–water partition coefficient (Wildman–Crippen LogP) is -6.27. The van der Waals surface area contributed by atoms with Gasteiger partial charge >= 0.3 is 95.5 Å². The summed E-state index contributed by atoms with van der Waals surface area (Å²) in [4.78, 5) is 183. The Balaban J connectivity index is 0. The van der Waals surface area contributed by atoms with Crippen molar-refractivity contribution in [3.05, 3.63) is 0 Å². The highest BCUT2D eigenvalue weighted by molar-refractivity contribution is 5.88. The van der Waals surface area contributed by atoms with Crippen LogP contribution in [-0.4, -0.2) is 272 Å². The van der Waals surface area contributed by atoms with Crippen LogP contribution in [0, 0.1) is 0 Å². The number of hydrogen-bond acceptors (Lipinski definition) is 39. The number of hydrogen-bond donors (Lipinski definition) is 7. The summed E-state index contributed by atoms with van der Waals surface area (Å²) in [6.45, 7) is 0.831. The standard InChI is InChI=1S/C35H48O28.C6H8O4.C6H14O3.C4H4O4/c1-17(36)30(46)60-19(3)32(48)57-13-25(40)54-11-23(38)52-9-7-6-8-22(63-28(43)16-56-27(42)15-58-33(49)20(4)61-31(47)18(2)37)10-53-24(39)12-55-26(41)14-59-34(50)21(5)62-35(51)29(44)45;1-3-5(7)10-4(2)6(8)9-3;7-4-2-1-3-6(9)5-8;5-3-1-7-4(6)2-8-3/h17-22,29,36-37,44-45H,6-16H2,1-5H3;3-4H,1-2H3;6-9H,1-5H2;1-2H2/t;3-,4-;;/m.1../s1. The maximum atomic E-state index is 12.4. The molecular weight excluding hydrogens is 1240 g/mol. The molecule has 2 fully saturated rings. The van der Waals surface area contributed by atoms with E-state index in [-0.39, 0.29) is 52.3 Å². The molecule has 2 rings (SSSR count). The molecule has 0 radical (unpaired) electrons. The molecule has 2 aliphatic rings. The highest BCUT2D eigenvalue weighted by atomic mass is 16.7. The summed E-state index contributed by atoms with van der Waals surface area (Å²) in [6, 6.07) is 0. The molecule has 0 spiro atoms. The normalized spacial score (nSPS) is 16.2. The van der Waals surface area contributed by atoms with Crippen molar-refractivity contribution in [2.24, 2.45) is 0 Å². The minimum atomic E-state index is -2.53. The van der Waals surface area contributed by atoms with Crippen LogP contribution in [0.3, 0.4) is 0 Å². The molecule has 2 heterocycles. The first-order valence-corrected chi connectivity index (χ1v) is 26.6. The Morgan fingerprint density at radius 2 is 0.789 bits per heavy atom. The lowest BCUT2D eigenvalue weighted by molar-refractivity contribution is -0.191. The van der Waals surface area contributed by atoms with Gasteiger partial charge in [0, 0.05) is 6.61 Å². The number of aliphatic hydroxyl groups is 7. The van der Waals surface area contributed by atoms with Crippen molar-refractivity contribution in [3.8, 4) is 0 Å². The lowest BCUT2D eigenvalue weighted by atomic mass is 10.1. The van der Waals surface area contributed by atoms with E-state index in [1.165, 1.54) is 13.8 Å². The fourth-order valence-electron chi connectivity index (χ4n) is 5.12. The highest BCUT2D eigenvalue weighted by Crippen LogP contribution is 2.11. The van der Waals surface area contributed by atoms with Gasteiger partial charge in [0.1, 0.15) is 24.9 Å². The van der Waals surface area contributed by atoms with Crippen molar-refractivity contribution in [2.45, 2.75) is 148 Å². The Morgan fingerprint density at radius 1 is 0.433 bits per heavy atom. The van der Waals surface area contributed by atoms with Gasteiger partial charge in [0.15, 0.2) is 83.4 Å². The molecule has 0 aromatic carbocycles. The fraction of sp³-hybridized carbons (Fsp3) is 0.686. The van der Waals surface area contributed by atoms with Gasteiger partial charge < -0.3 is 112 Å². The molecule has 9 atom stereocenters. The van der Waals surface area contributed by atoms with Gasteiger partial charge in [0.25, 0.3) is 6.29 Å². The molecule has 2 aliphatic heterocycles. The molecule has 0 aromatic rings. The molecule has 0 aliphatic carbocycles. The summed E-state index contributed by atoms with van der Waals surface area (Å²) in [6.07, 6.45) is -11.5. The third-order valence-electron chi connectivity index (χ3n) is 9.84. The van der Waals surface area contributed by atoms with E-state index in [4.69, 9.17) is 50.0 Å². The van der Waals surface area contributed by atoms with Crippen LogP contribution in [0.4, 0.5) is 0 Å². The number of ether oxygens (including phenoxy) is 16. The van der Waals surface area contributed by atoms with Crippen LogP contribution in [0.5, 0.6) is 0 Å². The maximum Gasteiger partial charge on any atom is 0.363 e. The third kappa shape index (κ3) is 42.2. The van der Waals surface area contributed by atoms with Crippen LogP contribution in [-0.2, 0) is 153 Å². The van der Waals surface area contributed by atoms with E-state index in [1.807, 2.05) is 0 Å². The minimum Gasteiger partial charge on any atom is -0.463 e. The number of cyclic esters (lactones) is 4. The largest absolute Gasteiger partial charge is 0.463 e. The van der Waals surface area contributed by atoms with Crippen molar-refractivity contribution in [1.29, 1.82) is 0 Å². The van der Waals surface area contributed by atoms with E-state index < -0.39 is 203 Å². The lowest BCUT2D eigenvalue weighted by Gasteiger charge is -2.22. The smallest absolute Gasteiger partial charge is 0.363 e. The molecule has 0 amide bonds. The second kappa shape index (κ2) is 47.3. The van der Waals surface area contributed by atoms with Gasteiger partial charge in [0.05, 0.1) is 19.3 Å². The van der Waals surface area contributed by atoms with Gasteiger partial charge in [-0.05, 0) is 87.0 Å². The Hall–Kier alpha value is -8.76. The molecule has 39 heteroatoms. The number of unbranched alkanes of at least 4 members (excludes halogenated alkanes) is 2. The van der Waals surface area contributed by atoms with Crippen molar-refractivity contribution >= 4 is 95.5 Å². The van der Waals surface area contributed by atoms with Crippen molar-refractivity contribution in [2.75, 3.05) is 79.3 Å². The Kier molecular flexibility index (Phi) is 43.8. The second-order valence-electron chi connectivity index (χ2n) is 17.8. The van der Waals surface area contributed by atoms with Crippen molar-refractivity contribution in [1.82, 2.24) is 0 Å². The predicted molar refractivity (Wildman–Crippen MR) is 277 cm³/mol. The fourth-order valence-corrected chi connectivity index (χ4v) is 5.12. The monoisotopic (exact) mass is 1310 g/mol. The molecule has 0 saturated carbocycles. The summed E-state index contributed by atoms with van der Waals surface area (Å²) >= 11 is 0. The van der Waals surface area contributed by atoms with Crippen LogP contribution in [0.25, 0.3) is 0 Å². The number of aliphatic hydroxyl groups excluding tert-OH is 6. The van der Waals surface area contributed by atoms with Crippen LogP contribution in [0.15, 0.2) is 0 Å². The maximum absolute atomic E-state index is 12.4. The summed E-state index contributed by atoms with van der Waals surface area (Å²) in [7, 11) is 0. The van der Waals surface area contributed by atoms with E-state index >= 15 is 0 Å². The highest BCUT2D eigenvalue weighted by Gasteiger charge is 2.32. The molecule has 7 unspecified atom stereocenters. The Bertz CT molecular complexity index is 2310. The summed E-state index contributed by atoms with van der Waals surface area (Å²) in [5.41, 5.74) is 0. The third-order valence-corrected chi connectivity index (χ3v) is 9.84. The van der Waals surface area contributed by atoms with Crippen LogP contribution in [0.1, 0.15) is 87.0 Å². The van der Waals surface area contributed by atoms with Crippen molar-refractivity contribution in [3.63, 3.8) is 0 Å². The van der Waals surface area contributed by atoms with Gasteiger partial charge in [-0.2, -0.15) is 0 Å². The van der Waals surface area contributed by atoms with Gasteiger partial charge in [-0.25, -0.2) is 76.7 Å². The zero-order valence-electron chi connectivity index (χ0n) is 49.7. The van der Waals surface area contributed by atoms with Gasteiger partial charge in [-0.1, -0.05) is 0 Å². The molecule has 7 N–H and O–H groups in total. The van der Waals surface area contributed by atoms with Crippen LogP contribution in [0.2, 0.25) is 0 Å². The average Bonchev–Trinajstić information content (AvgIpc) is 2.99. The molecule has 0 bridgehead atoms. The van der Waals surface area contributed by atoms with E-state index in [9.17, 15) is 76.7 Å². The first kappa shape index (κ1) is 83.3. The Morgan fingerprint density at radius 3 is 1.16 bits per heavy atom. The van der Waals surface area contributed by atoms with E-state index in [2.05, 4.69) is 61.6 Å². The number of carbonyl (C=O) groups is 16. The van der Waals surface area contributed by atoms with E-state index in [0.29, 0.717) is 12.8 Å². The number of esters is 16. The molecule has 512 valence electrons. The van der Waals surface area contributed by atoms with Crippen molar-refractivity contribution < 1.29 is 188 Å². The quantitative estimate of drug-likeness (QED) is 0.0136. The molecule has 0 aromatic heterocycles. The zero-order valence-corrected chi connectivity index (χ0v) is 49.7. The van der Waals surface area contributed by atoms with Gasteiger partial charge in [-0.3, -0.25) is 0 Å². The topological polar surface area (TPSA) is 562 Å².